The molecule has 2 rings (SSSR count). The smallest absolute Gasteiger partial charge is 0.319 e. The van der Waals surface area contributed by atoms with Gasteiger partial charge in [0.25, 0.3) is 0 Å². The summed E-state index contributed by atoms with van der Waals surface area (Å²) in [5.41, 5.74) is 0. The van der Waals surface area contributed by atoms with E-state index in [0.29, 0.717) is 0 Å². The number of carbonyl (C=O) groups is 1. The molecule has 0 saturated carbocycles. The minimum absolute atomic E-state index is 0.0336. The normalized spacial score (nSPS) is 28.7. The summed E-state index contributed by atoms with van der Waals surface area (Å²) in [5, 5.41) is 5.29. The summed E-state index contributed by atoms with van der Waals surface area (Å²) < 4.78 is 0.830. The van der Waals surface area contributed by atoms with Gasteiger partial charge in [-0.1, -0.05) is 23.0 Å². The average Bonchev–Trinajstić information content (AvgIpc) is 2.33. The minimum Gasteiger partial charge on any atom is -0.325 e. The largest absolute Gasteiger partial charge is 0.325 e. The van der Waals surface area contributed by atoms with Gasteiger partial charge < -0.3 is 10.6 Å². The van der Waals surface area contributed by atoms with Crippen LogP contribution in [0.15, 0.2) is 11.1 Å². The number of nitrogens with one attached hydrogen (secondary N) is 2. The van der Waals surface area contributed by atoms with Gasteiger partial charge in [-0.2, -0.15) is 0 Å². The molecule has 0 radical (unpaired) electrons. The first-order valence-electron chi connectivity index (χ1n) is 2.93. The summed E-state index contributed by atoms with van der Waals surface area (Å²) in [6.45, 7) is 0. The van der Waals surface area contributed by atoms with Crippen molar-refractivity contribution in [2.24, 2.45) is 0 Å². The van der Waals surface area contributed by atoms with E-state index in [1.165, 1.54) is 10.8 Å². The molecule has 0 aliphatic carbocycles. The molecule has 1 atom stereocenters. The van der Waals surface area contributed by atoms with E-state index >= 15 is 0 Å². The molecule has 1 unspecified atom stereocenters. The predicted octanol–water partition coefficient (Wildman–Crippen LogP) is 1.23. The quantitative estimate of drug-likeness (QED) is 0.460. The first kappa shape index (κ1) is 7.45. The highest BCUT2D eigenvalue weighted by Gasteiger charge is 2.32. The molecule has 0 aromatic rings. The van der Waals surface area contributed by atoms with Crippen molar-refractivity contribution < 1.29 is 4.79 Å². The lowest BCUT2D eigenvalue weighted by atomic mass is 10.3. The SMILES string of the molecule is O=C1NC=C2SSC(=S)C2N1. The number of rotatable bonds is 0. The number of hydrogen-bond donors (Lipinski definition) is 2. The zero-order valence-corrected chi connectivity index (χ0v) is 7.74. The molecule has 2 amide bonds. The molecule has 58 valence electrons. The second-order valence-electron chi connectivity index (χ2n) is 2.08. The maximum Gasteiger partial charge on any atom is 0.319 e. The lowest BCUT2D eigenvalue weighted by molar-refractivity contribution is 0.242. The van der Waals surface area contributed by atoms with Gasteiger partial charge in [0.15, 0.2) is 0 Å². The van der Waals surface area contributed by atoms with Gasteiger partial charge in [-0.25, -0.2) is 4.79 Å². The highest BCUT2D eigenvalue weighted by Crippen LogP contribution is 2.43. The van der Waals surface area contributed by atoms with Gasteiger partial charge in [0.2, 0.25) is 0 Å². The van der Waals surface area contributed by atoms with Gasteiger partial charge in [0.1, 0.15) is 6.04 Å². The fraction of sp³-hybridized carbons (Fsp3) is 0.200. The average molecular weight is 204 g/mol. The molecule has 2 aliphatic heterocycles. The van der Waals surface area contributed by atoms with Gasteiger partial charge in [-0.05, 0) is 10.8 Å². The zero-order chi connectivity index (χ0) is 7.84. The number of thiocarbonyl (C=S) groups is 1. The van der Waals surface area contributed by atoms with Crippen molar-refractivity contribution in [1.29, 1.82) is 0 Å². The van der Waals surface area contributed by atoms with E-state index in [1.807, 2.05) is 0 Å². The van der Waals surface area contributed by atoms with Crippen LogP contribution in [0, 0.1) is 0 Å². The van der Waals surface area contributed by atoms with Crippen LogP contribution in [0.2, 0.25) is 0 Å². The Morgan fingerprint density at radius 3 is 3.18 bits per heavy atom. The first-order valence-corrected chi connectivity index (χ1v) is 5.48. The van der Waals surface area contributed by atoms with Crippen LogP contribution in [0.3, 0.4) is 0 Å². The Labute approximate surface area is 76.8 Å². The Balaban J connectivity index is 2.29. The predicted molar refractivity (Wildman–Crippen MR) is 51.3 cm³/mol. The van der Waals surface area contributed by atoms with Crippen LogP contribution in [0.1, 0.15) is 0 Å². The molecular weight excluding hydrogens is 200 g/mol. The van der Waals surface area contributed by atoms with Gasteiger partial charge in [0, 0.05) is 11.1 Å². The Bertz CT molecular complexity index is 262. The topological polar surface area (TPSA) is 41.1 Å². The molecule has 2 N–H and O–H groups in total. The Morgan fingerprint density at radius 2 is 2.36 bits per heavy atom. The monoisotopic (exact) mass is 204 g/mol. The van der Waals surface area contributed by atoms with E-state index < -0.39 is 0 Å². The maximum atomic E-state index is 10.8. The molecule has 0 spiro atoms. The lowest BCUT2D eigenvalue weighted by Gasteiger charge is -2.17. The molecule has 3 nitrogen and oxygen atoms in total. The fourth-order valence-corrected chi connectivity index (χ4v) is 3.59. The van der Waals surface area contributed by atoms with Crippen LogP contribution in [0.25, 0.3) is 0 Å². The first-order chi connectivity index (χ1) is 5.27. The van der Waals surface area contributed by atoms with Crippen LogP contribution < -0.4 is 10.6 Å². The Morgan fingerprint density at radius 1 is 1.55 bits per heavy atom. The summed E-state index contributed by atoms with van der Waals surface area (Å²) in [6.07, 6.45) is 1.71. The zero-order valence-electron chi connectivity index (χ0n) is 5.29. The molecule has 6 heteroatoms. The third-order valence-corrected chi connectivity index (χ3v) is 4.56. The summed E-state index contributed by atoms with van der Waals surface area (Å²) >= 11 is 5.03. The van der Waals surface area contributed by atoms with E-state index in [-0.39, 0.29) is 12.1 Å². The summed E-state index contributed by atoms with van der Waals surface area (Å²) in [6, 6.07) is -0.210. The van der Waals surface area contributed by atoms with Crippen molar-refractivity contribution in [3.05, 3.63) is 11.1 Å². The molecule has 0 bridgehead atoms. The van der Waals surface area contributed by atoms with Gasteiger partial charge >= 0.3 is 6.03 Å². The van der Waals surface area contributed by atoms with Gasteiger partial charge in [-0.15, -0.1) is 0 Å². The molecule has 1 saturated heterocycles. The summed E-state index contributed by atoms with van der Waals surface area (Å²) in [7, 11) is 3.13. The van der Waals surface area contributed by atoms with E-state index in [2.05, 4.69) is 10.6 Å². The standard InChI is InChI=1S/C5H4N2OS3/c8-5-6-1-2-3(7-5)4(9)11-10-2/h1,3H,(H2,6,7,8). The third-order valence-electron chi connectivity index (χ3n) is 1.36. The number of amides is 2. The highest BCUT2D eigenvalue weighted by molar-refractivity contribution is 8.85. The molecular formula is C5H4N2OS3. The van der Waals surface area contributed by atoms with Crippen LogP contribution in [0.5, 0.6) is 0 Å². The van der Waals surface area contributed by atoms with Gasteiger partial charge in [0.05, 0.1) is 4.20 Å². The highest BCUT2D eigenvalue weighted by atomic mass is 33.1. The van der Waals surface area contributed by atoms with E-state index in [1.54, 1.807) is 17.0 Å². The molecule has 1 fully saturated rings. The second-order valence-corrected chi connectivity index (χ2v) is 5.03. The molecule has 0 aromatic heterocycles. The van der Waals surface area contributed by atoms with Crippen LogP contribution in [0.4, 0.5) is 4.79 Å². The molecule has 11 heavy (non-hydrogen) atoms. The third kappa shape index (κ3) is 1.25. The van der Waals surface area contributed by atoms with Crippen molar-refractivity contribution in [1.82, 2.24) is 10.6 Å². The minimum atomic E-state index is -0.177. The van der Waals surface area contributed by atoms with Crippen molar-refractivity contribution in [3.63, 3.8) is 0 Å². The Hall–Kier alpha value is -0.200. The number of hydrogen-bond acceptors (Lipinski definition) is 4. The van der Waals surface area contributed by atoms with Crippen molar-refractivity contribution in [2.75, 3.05) is 0 Å². The Kier molecular flexibility index (Phi) is 1.82. The van der Waals surface area contributed by atoms with E-state index in [0.717, 1.165) is 9.10 Å². The number of carbonyl (C=O) groups excluding carboxylic acids is 1. The van der Waals surface area contributed by atoms with E-state index in [4.69, 9.17) is 12.2 Å². The maximum absolute atomic E-state index is 10.8. The number of urea groups is 1. The van der Waals surface area contributed by atoms with Crippen molar-refractivity contribution in [3.8, 4) is 0 Å². The van der Waals surface area contributed by atoms with E-state index in [9.17, 15) is 4.79 Å². The molecule has 2 heterocycles. The van der Waals surface area contributed by atoms with Crippen LogP contribution >= 0.6 is 33.8 Å². The molecule has 0 aromatic carbocycles. The van der Waals surface area contributed by atoms with Crippen LogP contribution in [-0.2, 0) is 0 Å². The van der Waals surface area contributed by atoms with Crippen molar-refractivity contribution in [2.45, 2.75) is 6.04 Å². The summed E-state index contributed by atoms with van der Waals surface area (Å²) in [4.78, 5) is 11.9. The second kappa shape index (κ2) is 2.69. The van der Waals surface area contributed by atoms with Crippen LogP contribution in [-0.4, -0.2) is 16.3 Å². The fourth-order valence-electron chi connectivity index (χ4n) is 0.848. The van der Waals surface area contributed by atoms with Crippen molar-refractivity contribution >= 4 is 44.0 Å². The molecule has 2 aliphatic rings. The van der Waals surface area contributed by atoms with Gasteiger partial charge in [-0.3, -0.25) is 0 Å². The lowest BCUT2D eigenvalue weighted by Crippen LogP contribution is -2.46. The summed E-state index contributed by atoms with van der Waals surface area (Å²) in [5.74, 6) is 0. The number of fused-ring (bicyclic) bond motifs is 1.